The molecule has 4 heteroatoms. The fourth-order valence-corrected chi connectivity index (χ4v) is 3.51. The highest BCUT2D eigenvalue weighted by atomic mass is 16.5. The molecule has 0 aromatic rings. The van der Waals surface area contributed by atoms with E-state index in [-0.39, 0.29) is 0 Å². The summed E-state index contributed by atoms with van der Waals surface area (Å²) in [4.78, 5) is 16.8. The number of hydrogen-bond donors (Lipinski definition) is 0. The van der Waals surface area contributed by atoms with Gasteiger partial charge in [0.05, 0.1) is 13.2 Å². The van der Waals surface area contributed by atoms with Gasteiger partial charge < -0.3 is 9.64 Å². The van der Waals surface area contributed by atoms with Crippen LogP contribution in [0.25, 0.3) is 0 Å². The second-order valence-electron chi connectivity index (χ2n) is 6.43. The second kappa shape index (κ2) is 7.99. The van der Waals surface area contributed by atoms with Gasteiger partial charge in [-0.25, -0.2) is 0 Å². The Hall–Kier alpha value is -0.610. The Kier molecular flexibility index (Phi) is 6.30. The molecule has 2 saturated heterocycles. The zero-order valence-corrected chi connectivity index (χ0v) is 13.1. The lowest BCUT2D eigenvalue weighted by molar-refractivity contribution is -0.135. The van der Waals surface area contributed by atoms with E-state index in [1.165, 1.54) is 25.7 Å². The van der Waals surface area contributed by atoms with Gasteiger partial charge in [-0.3, -0.25) is 9.69 Å². The molecule has 2 aliphatic rings. The number of piperidine rings is 2. The summed E-state index contributed by atoms with van der Waals surface area (Å²) in [7, 11) is 1.75. The first-order valence-electron chi connectivity index (χ1n) is 8.22. The van der Waals surface area contributed by atoms with Crippen LogP contribution in [0.3, 0.4) is 0 Å². The third kappa shape index (κ3) is 4.45. The summed E-state index contributed by atoms with van der Waals surface area (Å²) in [6, 6.07) is 0. The lowest BCUT2D eigenvalue weighted by atomic mass is 9.94. The maximum absolute atomic E-state index is 12.4. The fourth-order valence-electron chi connectivity index (χ4n) is 3.51. The SMILES string of the molecule is CCC1CCN(CC(=O)N2CCCC(COC)C2)CC1. The zero-order chi connectivity index (χ0) is 14.4. The third-order valence-electron chi connectivity index (χ3n) is 4.92. The second-order valence-corrected chi connectivity index (χ2v) is 6.43. The van der Waals surface area contributed by atoms with Gasteiger partial charge in [-0.1, -0.05) is 13.3 Å². The molecular formula is C16H30N2O2. The average molecular weight is 282 g/mol. The number of methoxy groups -OCH3 is 1. The van der Waals surface area contributed by atoms with Crippen LogP contribution >= 0.6 is 0 Å². The van der Waals surface area contributed by atoms with Crippen molar-refractivity contribution in [3.8, 4) is 0 Å². The summed E-state index contributed by atoms with van der Waals surface area (Å²) in [6.07, 6.45) is 6.12. The van der Waals surface area contributed by atoms with Gasteiger partial charge in [0, 0.05) is 20.2 Å². The minimum absolute atomic E-state index is 0.320. The van der Waals surface area contributed by atoms with Crippen LogP contribution in [0.15, 0.2) is 0 Å². The molecule has 0 N–H and O–H groups in total. The quantitative estimate of drug-likeness (QED) is 0.773. The number of nitrogens with zero attached hydrogens (tertiary/aromatic N) is 2. The first-order chi connectivity index (χ1) is 9.72. The smallest absolute Gasteiger partial charge is 0.236 e. The monoisotopic (exact) mass is 282 g/mol. The Bertz CT molecular complexity index is 299. The van der Waals surface area contributed by atoms with Crippen molar-refractivity contribution in [1.82, 2.24) is 9.80 Å². The maximum Gasteiger partial charge on any atom is 0.236 e. The Balaban J connectivity index is 1.74. The Morgan fingerprint density at radius 3 is 2.55 bits per heavy atom. The molecule has 0 aromatic carbocycles. The van der Waals surface area contributed by atoms with Crippen molar-refractivity contribution in [1.29, 1.82) is 0 Å². The van der Waals surface area contributed by atoms with Crippen molar-refractivity contribution in [3.05, 3.63) is 0 Å². The predicted molar refractivity (Wildman–Crippen MR) is 80.6 cm³/mol. The normalized spacial score (nSPS) is 25.9. The summed E-state index contributed by atoms with van der Waals surface area (Å²) in [6.45, 7) is 7.69. The number of amides is 1. The van der Waals surface area contributed by atoms with Crippen LogP contribution < -0.4 is 0 Å². The molecule has 2 aliphatic heterocycles. The minimum atomic E-state index is 0.320. The van der Waals surface area contributed by atoms with Crippen LogP contribution in [0.2, 0.25) is 0 Å². The molecular weight excluding hydrogens is 252 g/mol. The first-order valence-corrected chi connectivity index (χ1v) is 8.22. The van der Waals surface area contributed by atoms with E-state index in [1.807, 2.05) is 0 Å². The van der Waals surface area contributed by atoms with Crippen LogP contribution in [0.5, 0.6) is 0 Å². The largest absolute Gasteiger partial charge is 0.384 e. The van der Waals surface area contributed by atoms with Gasteiger partial charge in [0.2, 0.25) is 5.91 Å². The first kappa shape index (κ1) is 15.8. The Labute approximate surface area is 123 Å². The van der Waals surface area contributed by atoms with Gasteiger partial charge in [-0.15, -0.1) is 0 Å². The molecule has 0 radical (unpaired) electrons. The average Bonchev–Trinajstić information content (AvgIpc) is 2.48. The van der Waals surface area contributed by atoms with E-state index in [0.29, 0.717) is 18.4 Å². The van der Waals surface area contributed by atoms with E-state index in [4.69, 9.17) is 4.74 Å². The number of rotatable bonds is 5. The van der Waals surface area contributed by atoms with E-state index in [9.17, 15) is 4.79 Å². The molecule has 2 fully saturated rings. The minimum Gasteiger partial charge on any atom is -0.384 e. The number of carbonyl (C=O) groups excluding carboxylic acids is 1. The van der Waals surface area contributed by atoms with E-state index in [2.05, 4.69) is 16.7 Å². The van der Waals surface area contributed by atoms with Crippen molar-refractivity contribution in [2.75, 3.05) is 46.4 Å². The molecule has 0 spiro atoms. The molecule has 0 saturated carbocycles. The van der Waals surface area contributed by atoms with Crippen molar-refractivity contribution in [2.24, 2.45) is 11.8 Å². The number of carbonyl (C=O) groups is 1. The van der Waals surface area contributed by atoms with Crippen LogP contribution in [0, 0.1) is 11.8 Å². The Morgan fingerprint density at radius 1 is 1.15 bits per heavy atom. The zero-order valence-electron chi connectivity index (χ0n) is 13.1. The number of ether oxygens (including phenoxy) is 1. The summed E-state index contributed by atoms with van der Waals surface area (Å²) in [5, 5.41) is 0. The summed E-state index contributed by atoms with van der Waals surface area (Å²) in [5.41, 5.74) is 0. The predicted octanol–water partition coefficient (Wildman–Crippen LogP) is 1.99. The van der Waals surface area contributed by atoms with Crippen molar-refractivity contribution >= 4 is 5.91 Å². The molecule has 4 nitrogen and oxygen atoms in total. The summed E-state index contributed by atoms with van der Waals surface area (Å²) >= 11 is 0. The van der Waals surface area contributed by atoms with Crippen LogP contribution in [-0.4, -0.2) is 62.1 Å². The topological polar surface area (TPSA) is 32.8 Å². The molecule has 0 bridgehead atoms. The highest BCUT2D eigenvalue weighted by molar-refractivity contribution is 5.78. The molecule has 1 unspecified atom stereocenters. The summed E-state index contributed by atoms with van der Waals surface area (Å²) < 4.78 is 5.24. The third-order valence-corrected chi connectivity index (χ3v) is 4.92. The Morgan fingerprint density at radius 2 is 1.90 bits per heavy atom. The standard InChI is InChI=1S/C16H30N2O2/c1-3-14-6-9-17(10-7-14)12-16(19)18-8-4-5-15(11-18)13-20-2/h14-15H,3-13H2,1-2H3. The van der Waals surface area contributed by atoms with Gasteiger partial charge in [-0.2, -0.15) is 0 Å². The lowest BCUT2D eigenvalue weighted by Crippen LogP contribution is -2.47. The van der Waals surface area contributed by atoms with Crippen LogP contribution in [-0.2, 0) is 9.53 Å². The van der Waals surface area contributed by atoms with Crippen LogP contribution in [0.4, 0.5) is 0 Å². The van der Waals surface area contributed by atoms with Gasteiger partial charge in [0.25, 0.3) is 0 Å². The molecule has 116 valence electrons. The van der Waals surface area contributed by atoms with E-state index >= 15 is 0 Å². The molecule has 1 amide bonds. The summed E-state index contributed by atoms with van der Waals surface area (Å²) in [5.74, 6) is 1.73. The van der Waals surface area contributed by atoms with E-state index < -0.39 is 0 Å². The molecule has 1 atom stereocenters. The van der Waals surface area contributed by atoms with E-state index in [1.54, 1.807) is 7.11 Å². The maximum atomic E-state index is 12.4. The van der Waals surface area contributed by atoms with Crippen molar-refractivity contribution in [2.45, 2.75) is 39.0 Å². The van der Waals surface area contributed by atoms with E-state index in [0.717, 1.165) is 45.1 Å². The van der Waals surface area contributed by atoms with Gasteiger partial charge in [0.15, 0.2) is 0 Å². The lowest BCUT2D eigenvalue weighted by Gasteiger charge is -2.36. The number of hydrogen-bond acceptors (Lipinski definition) is 3. The molecule has 2 heterocycles. The highest BCUT2D eigenvalue weighted by Gasteiger charge is 2.26. The van der Waals surface area contributed by atoms with Gasteiger partial charge in [0.1, 0.15) is 0 Å². The van der Waals surface area contributed by atoms with Crippen molar-refractivity contribution in [3.63, 3.8) is 0 Å². The molecule has 20 heavy (non-hydrogen) atoms. The molecule has 0 aromatic heterocycles. The molecule has 2 rings (SSSR count). The highest BCUT2D eigenvalue weighted by Crippen LogP contribution is 2.21. The van der Waals surface area contributed by atoms with Gasteiger partial charge >= 0.3 is 0 Å². The van der Waals surface area contributed by atoms with Gasteiger partial charge in [-0.05, 0) is 50.6 Å². The van der Waals surface area contributed by atoms with Crippen LogP contribution in [0.1, 0.15) is 39.0 Å². The number of likely N-dealkylation sites (tertiary alicyclic amines) is 2. The fraction of sp³-hybridized carbons (Fsp3) is 0.938. The molecule has 0 aliphatic carbocycles. The van der Waals surface area contributed by atoms with Crippen molar-refractivity contribution < 1.29 is 9.53 Å².